The van der Waals surface area contributed by atoms with Gasteiger partial charge in [0.1, 0.15) is 5.75 Å². The highest BCUT2D eigenvalue weighted by Gasteiger charge is 2.38. The quantitative estimate of drug-likeness (QED) is 0.683. The van der Waals surface area contributed by atoms with Crippen LogP contribution in [-0.2, 0) is 11.2 Å². The Morgan fingerprint density at radius 2 is 2.00 bits per heavy atom. The van der Waals surface area contributed by atoms with Gasteiger partial charge in [0.2, 0.25) is 0 Å². The minimum Gasteiger partial charge on any atom is -0.494 e. The maximum absolute atomic E-state index is 5.77. The Kier molecular flexibility index (Phi) is 4.87. The van der Waals surface area contributed by atoms with Crippen LogP contribution in [0.25, 0.3) is 0 Å². The molecule has 1 aromatic carbocycles. The lowest BCUT2D eigenvalue weighted by molar-refractivity contribution is 0.329. The first-order chi connectivity index (χ1) is 9.19. The molecule has 1 fully saturated rings. The molecule has 19 heavy (non-hydrogen) atoms. The molecule has 1 aliphatic heterocycles. The second-order valence-electron chi connectivity index (χ2n) is 5.42. The summed E-state index contributed by atoms with van der Waals surface area (Å²) in [6.45, 7) is 9.44. The molecule has 0 N–H and O–H groups in total. The summed E-state index contributed by atoms with van der Waals surface area (Å²) in [6.07, 6.45) is 4.26. The predicted octanol–water partition coefficient (Wildman–Crippen LogP) is 4.32. The zero-order chi connectivity index (χ0) is 13.8. The Morgan fingerprint density at radius 1 is 1.21 bits per heavy atom. The van der Waals surface area contributed by atoms with Crippen molar-refractivity contribution in [2.75, 3.05) is 6.61 Å². The van der Waals surface area contributed by atoms with Crippen LogP contribution in [-0.4, -0.2) is 18.8 Å². The lowest BCUT2D eigenvalue weighted by Gasteiger charge is -2.17. The van der Waals surface area contributed by atoms with Crippen LogP contribution in [0.4, 0.5) is 0 Å². The summed E-state index contributed by atoms with van der Waals surface area (Å²) in [5.74, 6) is 1.54. The van der Waals surface area contributed by atoms with Crippen LogP contribution in [0, 0.1) is 0 Å². The molecule has 0 aromatic heterocycles. The molecule has 1 saturated heterocycles. The largest absolute Gasteiger partial charge is 0.494 e. The monoisotopic (exact) mass is 262 g/mol. The van der Waals surface area contributed by atoms with Gasteiger partial charge < -0.3 is 9.47 Å². The summed E-state index contributed by atoms with van der Waals surface area (Å²) in [4.78, 5) is 0. The van der Waals surface area contributed by atoms with Gasteiger partial charge in [-0.1, -0.05) is 32.9 Å². The van der Waals surface area contributed by atoms with Crippen molar-refractivity contribution in [3.05, 3.63) is 29.3 Å². The van der Waals surface area contributed by atoms with E-state index >= 15 is 0 Å². The number of hydrogen-bond acceptors (Lipinski definition) is 2. The van der Waals surface area contributed by atoms with Crippen LogP contribution < -0.4 is 4.74 Å². The van der Waals surface area contributed by atoms with Crippen molar-refractivity contribution in [2.24, 2.45) is 0 Å². The molecule has 0 aliphatic carbocycles. The highest BCUT2D eigenvalue weighted by Crippen LogP contribution is 2.37. The third-order valence-electron chi connectivity index (χ3n) is 3.99. The number of aryl methyl sites for hydroxylation is 1. The van der Waals surface area contributed by atoms with Crippen LogP contribution in [0.2, 0.25) is 0 Å². The van der Waals surface area contributed by atoms with Gasteiger partial charge >= 0.3 is 0 Å². The van der Waals surface area contributed by atoms with E-state index in [1.807, 2.05) is 6.92 Å². The average molecular weight is 262 g/mol. The van der Waals surface area contributed by atoms with Crippen molar-refractivity contribution in [3.63, 3.8) is 0 Å². The van der Waals surface area contributed by atoms with Gasteiger partial charge in [0, 0.05) is 0 Å². The van der Waals surface area contributed by atoms with Gasteiger partial charge in [0.05, 0.1) is 18.8 Å². The number of ether oxygens (including phenoxy) is 2. The molecule has 2 heteroatoms. The molecule has 3 atom stereocenters. The normalized spacial score (nSPS) is 23.2. The molecule has 0 saturated carbocycles. The standard InChI is InChI=1S/C17H26O2/c1-5-13-8-9-16(18-7-3)14(11-13)12(4)10-17-15(6-2)19-17/h8-9,11-12,15,17H,5-7,10H2,1-4H3. The minimum atomic E-state index is 0.458. The Labute approximate surface area is 117 Å². The van der Waals surface area contributed by atoms with Crippen LogP contribution in [0.5, 0.6) is 5.75 Å². The molecule has 106 valence electrons. The summed E-state index contributed by atoms with van der Waals surface area (Å²) >= 11 is 0. The molecular formula is C17H26O2. The van der Waals surface area contributed by atoms with Crippen molar-refractivity contribution in [1.82, 2.24) is 0 Å². The SMILES string of the molecule is CCOc1ccc(CC)cc1C(C)CC1OC1CC. The minimum absolute atomic E-state index is 0.458. The van der Waals surface area contributed by atoms with Crippen LogP contribution in [0.15, 0.2) is 18.2 Å². The lowest BCUT2D eigenvalue weighted by Crippen LogP contribution is -2.05. The Balaban J connectivity index is 2.11. The zero-order valence-corrected chi connectivity index (χ0v) is 12.6. The average Bonchev–Trinajstić information content (AvgIpc) is 3.17. The van der Waals surface area contributed by atoms with Crippen molar-refractivity contribution in [2.45, 2.75) is 65.1 Å². The second-order valence-corrected chi connectivity index (χ2v) is 5.42. The van der Waals surface area contributed by atoms with E-state index in [-0.39, 0.29) is 0 Å². The van der Waals surface area contributed by atoms with Gasteiger partial charge in [0.15, 0.2) is 0 Å². The van der Waals surface area contributed by atoms with Crippen LogP contribution in [0.1, 0.15) is 57.6 Å². The molecule has 0 radical (unpaired) electrons. The van der Waals surface area contributed by atoms with E-state index in [1.165, 1.54) is 11.1 Å². The van der Waals surface area contributed by atoms with Crippen molar-refractivity contribution >= 4 is 0 Å². The number of hydrogen-bond donors (Lipinski definition) is 0. The van der Waals surface area contributed by atoms with Gasteiger partial charge in [-0.25, -0.2) is 0 Å². The van der Waals surface area contributed by atoms with E-state index in [0.29, 0.717) is 18.1 Å². The maximum atomic E-state index is 5.77. The number of epoxide rings is 1. The topological polar surface area (TPSA) is 21.8 Å². The Bertz CT molecular complexity index is 414. The van der Waals surface area contributed by atoms with Crippen molar-refractivity contribution in [1.29, 1.82) is 0 Å². The summed E-state index contributed by atoms with van der Waals surface area (Å²) < 4.78 is 11.4. The van der Waals surface area contributed by atoms with E-state index in [1.54, 1.807) is 0 Å². The summed E-state index contributed by atoms with van der Waals surface area (Å²) in [6, 6.07) is 6.60. The Morgan fingerprint density at radius 3 is 2.58 bits per heavy atom. The fourth-order valence-electron chi connectivity index (χ4n) is 2.71. The maximum Gasteiger partial charge on any atom is 0.122 e. The van der Waals surface area contributed by atoms with Gasteiger partial charge in [-0.2, -0.15) is 0 Å². The van der Waals surface area contributed by atoms with Crippen molar-refractivity contribution in [3.8, 4) is 5.75 Å². The van der Waals surface area contributed by atoms with Gasteiger partial charge in [0.25, 0.3) is 0 Å². The van der Waals surface area contributed by atoms with Gasteiger partial charge in [-0.15, -0.1) is 0 Å². The highest BCUT2D eigenvalue weighted by atomic mass is 16.6. The van der Waals surface area contributed by atoms with E-state index in [0.717, 1.165) is 31.6 Å². The predicted molar refractivity (Wildman–Crippen MR) is 79.0 cm³/mol. The molecular weight excluding hydrogens is 236 g/mol. The fraction of sp³-hybridized carbons (Fsp3) is 0.647. The third kappa shape index (κ3) is 3.50. The first kappa shape index (κ1) is 14.4. The van der Waals surface area contributed by atoms with Crippen LogP contribution >= 0.6 is 0 Å². The molecule has 1 aliphatic rings. The number of rotatable bonds is 7. The molecule has 0 spiro atoms. The second kappa shape index (κ2) is 6.42. The van der Waals surface area contributed by atoms with E-state index in [2.05, 4.69) is 39.0 Å². The highest BCUT2D eigenvalue weighted by molar-refractivity contribution is 5.39. The molecule has 1 aromatic rings. The smallest absolute Gasteiger partial charge is 0.122 e. The molecule has 2 rings (SSSR count). The molecule has 0 bridgehead atoms. The van der Waals surface area contributed by atoms with E-state index < -0.39 is 0 Å². The molecule has 1 heterocycles. The van der Waals surface area contributed by atoms with E-state index in [4.69, 9.17) is 9.47 Å². The molecule has 0 amide bonds. The molecule has 3 unspecified atom stereocenters. The zero-order valence-electron chi connectivity index (χ0n) is 12.6. The molecule has 2 nitrogen and oxygen atoms in total. The first-order valence-electron chi connectivity index (χ1n) is 7.60. The first-order valence-corrected chi connectivity index (χ1v) is 7.60. The summed E-state index contributed by atoms with van der Waals surface area (Å²) in [5.41, 5.74) is 2.72. The third-order valence-corrected chi connectivity index (χ3v) is 3.99. The number of benzene rings is 1. The van der Waals surface area contributed by atoms with Crippen molar-refractivity contribution < 1.29 is 9.47 Å². The summed E-state index contributed by atoms with van der Waals surface area (Å²) in [7, 11) is 0. The van der Waals surface area contributed by atoms with Crippen LogP contribution in [0.3, 0.4) is 0 Å². The van der Waals surface area contributed by atoms with E-state index in [9.17, 15) is 0 Å². The lowest BCUT2D eigenvalue weighted by atomic mass is 9.92. The summed E-state index contributed by atoms with van der Waals surface area (Å²) in [5, 5.41) is 0. The fourth-order valence-corrected chi connectivity index (χ4v) is 2.71. The van der Waals surface area contributed by atoms with Gasteiger partial charge in [-0.3, -0.25) is 0 Å². The van der Waals surface area contributed by atoms with Gasteiger partial charge in [-0.05, 0) is 49.3 Å². The Hall–Kier alpha value is -1.02.